The van der Waals surface area contributed by atoms with Crippen molar-refractivity contribution in [1.82, 2.24) is 0 Å². The number of carbonyl (C=O) groups is 1. The second-order valence-corrected chi connectivity index (χ2v) is 6.61. The minimum Gasteiger partial charge on any atom is -0.382 e. The van der Waals surface area contributed by atoms with Gasteiger partial charge in [0.2, 0.25) is 5.91 Å². The molecule has 1 aromatic carbocycles. The summed E-state index contributed by atoms with van der Waals surface area (Å²) < 4.78 is 0.991. The Bertz CT molecular complexity index is 493. The molecule has 1 spiro atoms. The van der Waals surface area contributed by atoms with Gasteiger partial charge in [-0.15, -0.1) is 0 Å². The van der Waals surface area contributed by atoms with E-state index in [-0.39, 0.29) is 11.3 Å². The summed E-state index contributed by atoms with van der Waals surface area (Å²) in [5, 5.41) is 6.59. The highest BCUT2D eigenvalue weighted by atomic mass is 79.9. The van der Waals surface area contributed by atoms with Crippen LogP contribution in [0.25, 0.3) is 0 Å². The lowest BCUT2D eigenvalue weighted by Gasteiger charge is -2.29. The number of nitrogens with one attached hydrogen (secondary N) is 2. The molecule has 0 bridgehead atoms. The second-order valence-electron chi connectivity index (χ2n) is 5.69. The minimum absolute atomic E-state index is 0.193. The Balaban J connectivity index is 1.91. The van der Waals surface area contributed by atoms with Crippen molar-refractivity contribution in [3.05, 3.63) is 22.7 Å². The average Bonchev–Trinajstić information content (AvgIpc) is 2.70. The van der Waals surface area contributed by atoms with Crippen molar-refractivity contribution >= 4 is 33.2 Å². The second kappa shape index (κ2) is 5.16. The molecule has 4 heteroatoms. The van der Waals surface area contributed by atoms with Gasteiger partial charge in [0.25, 0.3) is 0 Å². The Morgan fingerprint density at radius 3 is 2.53 bits per heavy atom. The fourth-order valence-electron chi connectivity index (χ4n) is 3.18. The third kappa shape index (κ3) is 2.50. The van der Waals surface area contributed by atoms with Gasteiger partial charge in [-0.05, 0) is 31.0 Å². The fourth-order valence-corrected chi connectivity index (χ4v) is 3.54. The summed E-state index contributed by atoms with van der Waals surface area (Å²) in [6.45, 7) is 0.757. The maximum absolute atomic E-state index is 12.7. The van der Waals surface area contributed by atoms with Gasteiger partial charge in [-0.2, -0.15) is 0 Å². The van der Waals surface area contributed by atoms with Gasteiger partial charge >= 0.3 is 0 Å². The van der Waals surface area contributed by atoms with Gasteiger partial charge in [0.05, 0.1) is 16.8 Å². The van der Waals surface area contributed by atoms with E-state index >= 15 is 0 Å². The monoisotopic (exact) mass is 322 g/mol. The SMILES string of the molecule is O=C1Nc2cc(Br)ccc2NCC12CCCCCC2. The van der Waals surface area contributed by atoms with Crippen LogP contribution in [0.1, 0.15) is 38.5 Å². The normalized spacial score (nSPS) is 21.8. The summed E-state index contributed by atoms with van der Waals surface area (Å²) in [5.41, 5.74) is 1.69. The molecular weight excluding hydrogens is 304 g/mol. The first-order valence-corrected chi connectivity index (χ1v) is 7.84. The molecule has 1 aliphatic carbocycles. The Morgan fingerprint density at radius 2 is 1.79 bits per heavy atom. The van der Waals surface area contributed by atoms with Crippen LogP contribution in [-0.2, 0) is 4.79 Å². The van der Waals surface area contributed by atoms with Crippen LogP contribution in [0, 0.1) is 5.41 Å². The molecule has 2 aliphatic rings. The van der Waals surface area contributed by atoms with Gasteiger partial charge in [-0.3, -0.25) is 4.79 Å². The van der Waals surface area contributed by atoms with E-state index in [2.05, 4.69) is 26.6 Å². The van der Waals surface area contributed by atoms with Crippen molar-refractivity contribution in [1.29, 1.82) is 0 Å². The summed E-state index contributed by atoms with van der Waals surface area (Å²) in [6, 6.07) is 5.99. The standard InChI is InChI=1S/C15H19BrN2O/c16-11-5-6-12-13(9-11)18-14(19)15(10-17-12)7-3-1-2-4-8-15/h5-6,9,17H,1-4,7-8,10H2,(H,18,19). The molecule has 3 nitrogen and oxygen atoms in total. The largest absolute Gasteiger partial charge is 0.382 e. The molecule has 1 heterocycles. The first-order valence-electron chi connectivity index (χ1n) is 7.05. The predicted octanol–water partition coefficient (Wildman–Crippen LogP) is 4.15. The van der Waals surface area contributed by atoms with Crippen LogP contribution < -0.4 is 10.6 Å². The van der Waals surface area contributed by atoms with Crippen LogP contribution >= 0.6 is 15.9 Å². The van der Waals surface area contributed by atoms with Gasteiger partial charge in [0.1, 0.15) is 0 Å². The van der Waals surface area contributed by atoms with Crippen LogP contribution in [0.5, 0.6) is 0 Å². The van der Waals surface area contributed by atoms with Crippen molar-refractivity contribution in [3.8, 4) is 0 Å². The number of hydrogen-bond acceptors (Lipinski definition) is 2. The number of anilines is 2. The zero-order valence-corrected chi connectivity index (χ0v) is 12.6. The lowest BCUT2D eigenvalue weighted by molar-refractivity contribution is -0.125. The Morgan fingerprint density at radius 1 is 1.05 bits per heavy atom. The molecule has 1 aromatic rings. The molecule has 0 atom stereocenters. The lowest BCUT2D eigenvalue weighted by Crippen LogP contribution is -2.39. The van der Waals surface area contributed by atoms with Crippen molar-refractivity contribution in [3.63, 3.8) is 0 Å². The first-order chi connectivity index (χ1) is 9.20. The number of halogens is 1. The number of benzene rings is 1. The fraction of sp³-hybridized carbons (Fsp3) is 0.533. The van der Waals surface area contributed by atoms with E-state index in [1.54, 1.807) is 0 Å². The molecule has 0 saturated heterocycles. The number of carbonyl (C=O) groups excluding carboxylic acids is 1. The highest BCUT2D eigenvalue weighted by molar-refractivity contribution is 9.10. The molecule has 0 aromatic heterocycles. The minimum atomic E-state index is -0.220. The van der Waals surface area contributed by atoms with Crippen molar-refractivity contribution in [2.45, 2.75) is 38.5 Å². The molecule has 19 heavy (non-hydrogen) atoms. The van der Waals surface area contributed by atoms with Gasteiger partial charge in [-0.1, -0.05) is 41.6 Å². The van der Waals surface area contributed by atoms with E-state index in [0.29, 0.717) is 0 Å². The van der Waals surface area contributed by atoms with E-state index < -0.39 is 0 Å². The Hall–Kier alpha value is -1.03. The van der Waals surface area contributed by atoms with E-state index in [1.807, 2.05) is 18.2 Å². The molecule has 1 fully saturated rings. The Kier molecular flexibility index (Phi) is 3.52. The molecule has 0 unspecified atom stereocenters. The number of fused-ring (bicyclic) bond motifs is 1. The van der Waals surface area contributed by atoms with Gasteiger partial charge in [0.15, 0.2) is 0 Å². The zero-order chi connectivity index (χ0) is 13.3. The van der Waals surface area contributed by atoms with E-state index in [0.717, 1.165) is 48.1 Å². The number of rotatable bonds is 0. The van der Waals surface area contributed by atoms with Crippen LogP contribution in [-0.4, -0.2) is 12.5 Å². The quantitative estimate of drug-likeness (QED) is 0.753. The summed E-state index contributed by atoms with van der Waals surface area (Å²) in [7, 11) is 0. The molecule has 1 aliphatic heterocycles. The van der Waals surface area contributed by atoms with Crippen molar-refractivity contribution < 1.29 is 4.79 Å². The van der Waals surface area contributed by atoms with Crippen LogP contribution in [0.4, 0.5) is 11.4 Å². The number of hydrogen-bond donors (Lipinski definition) is 2. The lowest BCUT2D eigenvalue weighted by atomic mass is 9.79. The highest BCUT2D eigenvalue weighted by Crippen LogP contribution is 2.40. The van der Waals surface area contributed by atoms with Crippen molar-refractivity contribution in [2.24, 2.45) is 5.41 Å². The smallest absolute Gasteiger partial charge is 0.232 e. The molecule has 1 saturated carbocycles. The van der Waals surface area contributed by atoms with Gasteiger partial charge in [0, 0.05) is 11.0 Å². The van der Waals surface area contributed by atoms with E-state index in [1.165, 1.54) is 12.8 Å². The zero-order valence-electron chi connectivity index (χ0n) is 11.0. The number of amides is 1. The van der Waals surface area contributed by atoms with E-state index in [4.69, 9.17) is 0 Å². The molecular formula is C15H19BrN2O. The average molecular weight is 323 g/mol. The van der Waals surface area contributed by atoms with Crippen LogP contribution in [0.2, 0.25) is 0 Å². The maximum Gasteiger partial charge on any atom is 0.232 e. The van der Waals surface area contributed by atoms with Crippen LogP contribution in [0.3, 0.4) is 0 Å². The third-order valence-electron chi connectivity index (χ3n) is 4.39. The summed E-state index contributed by atoms with van der Waals surface area (Å²) >= 11 is 3.46. The molecule has 2 N–H and O–H groups in total. The summed E-state index contributed by atoms with van der Waals surface area (Å²) in [4.78, 5) is 12.7. The third-order valence-corrected chi connectivity index (χ3v) is 4.88. The first kappa shape index (κ1) is 13.0. The predicted molar refractivity (Wildman–Crippen MR) is 81.4 cm³/mol. The van der Waals surface area contributed by atoms with E-state index in [9.17, 15) is 4.79 Å². The molecule has 3 rings (SSSR count). The summed E-state index contributed by atoms with van der Waals surface area (Å²) in [5.74, 6) is 0.193. The maximum atomic E-state index is 12.7. The van der Waals surface area contributed by atoms with Crippen molar-refractivity contribution in [2.75, 3.05) is 17.2 Å². The van der Waals surface area contributed by atoms with Gasteiger partial charge < -0.3 is 10.6 Å². The Labute approximate surface area is 122 Å². The molecule has 1 amide bonds. The molecule has 102 valence electrons. The topological polar surface area (TPSA) is 41.1 Å². The summed E-state index contributed by atoms with van der Waals surface area (Å²) in [6.07, 6.45) is 6.84. The highest BCUT2D eigenvalue weighted by Gasteiger charge is 2.40. The van der Waals surface area contributed by atoms with Gasteiger partial charge in [-0.25, -0.2) is 0 Å². The molecule has 0 radical (unpaired) electrons. The van der Waals surface area contributed by atoms with Crippen LogP contribution in [0.15, 0.2) is 22.7 Å².